The fraction of sp³-hybridized carbons (Fsp3) is 0.0625. The molecular formula is C16H11ClO2. The predicted octanol–water partition coefficient (Wildman–Crippen LogP) is 4.43. The summed E-state index contributed by atoms with van der Waals surface area (Å²) in [6.45, 7) is 0. The van der Waals surface area contributed by atoms with Crippen molar-refractivity contribution in [2.45, 2.75) is 0 Å². The van der Waals surface area contributed by atoms with Crippen LogP contribution in [0.2, 0.25) is 5.02 Å². The van der Waals surface area contributed by atoms with E-state index < -0.39 is 5.97 Å². The molecule has 0 amide bonds. The summed E-state index contributed by atoms with van der Waals surface area (Å²) in [5.74, 6) is -0.411. The number of rotatable bonds is 1. The fourth-order valence-electron chi connectivity index (χ4n) is 2.30. The number of hydrogen-bond acceptors (Lipinski definition) is 2. The SMILES string of the molecule is COC(=O)c1c(Cl)ccc2cc3ccccc3cc12. The Labute approximate surface area is 115 Å². The molecule has 0 atom stereocenters. The molecule has 94 valence electrons. The van der Waals surface area contributed by atoms with Crippen LogP contribution < -0.4 is 0 Å². The Bertz CT molecular complexity index is 793. The summed E-state index contributed by atoms with van der Waals surface area (Å²) in [5, 5.41) is 4.41. The molecule has 0 aromatic heterocycles. The van der Waals surface area contributed by atoms with Crippen molar-refractivity contribution in [3.63, 3.8) is 0 Å². The molecule has 2 nitrogen and oxygen atoms in total. The zero-order valence-corrected chi connectivity index (χ0v) is 11.1. The molecule has 0 spiro atoms. The quantitative estimate of drug-likeness (QED) is 0.483. The molecular weight excluding hydrogens is 260 g/mol. The summed E-state index contributed by atoms with van der Waals surface area (Å²) in [7, 11) is 1.36. The normalized spacial score (nSPS) is 10.8. The van der Waals surface area contributed by atoms with E-state index in [4.69, 9.17) is 16.3 Å². The van der Waals surface area contributed by atoms with Crippen LogP contribution in [0.25, 0.3) is 21.5 Å². The molecule has 0 saturated carbocycles. The van der Waals surface area contributed by atoms with Crippen LogP contribution in [0.5, 0.6) is 0 Å². The molecule has 3 heteroatoms. The molecule has 0 N–H and O–H groups in total. The van der Waals surface area contributed by atoms with Gasteiger partial charge in [0.25, 0.3) is 0 Å². The molecule has 0 bridgehead atoms. The summed E-state index contributed by atoms with van der Waals surface area (Å²) in [6, 6.07) is 15.7. The van der Waals surface area contributed by atoms with Gasteiger partial charge in [-0.3, -0.25) is 0 Å². The highest BCUT2D eigenvalue weighted by atomic mass is 35.5. The first-order chi connectivity index (χ1) is 9.20. The second-order valence-electron chi connectivity index (χ2n) is 4.33. The van der Waals surface area contributed by atoms with E-state index in [-0.39, 0.29) is 0 Å². The minimum Gasteiger partial charge on any atom is -0.465 e. The molecule has 19 heavy (non-hydrogen) atoms. The number of carbonyl (C=O) groups excluding carboxylic acids is 1. The lowest BCUT2D eigenvalue weighted by Gasteiger charge is -2.08. The van der Waals surface area contributed by atoms with Gasteiger partial charge in [-0.1, -0.05) is 41.9 Å². The van der Waals surface area contributed by atoms with Gasteiger partial charge in [-0.15, -0.1) is 0 Å². The third-order valence-electron chi connectivity index (χ3n) is 3.22. The first-order valence-electron chi connectivity index (χ1n) is 5.90. The van der Waals surface area contributed by atoms with E-state index in [1.807, 2.05) is 42.5 Å². The van der Waals surface area contributed by atoms with Crippen molar-refractivity contribution in [1.82, 2.24) is 0 Å². The standard InChI is InChI=1S/C16H11ClO2/c1-19-16(18)15-13-9-11-5-3-2-4-10(11)8-12(13)6-7-14(15)17/h2-9H,1H3. The molecule has 0 unspecified atom stereocenters. The number of benzene rings is 3. The fourth-order valence-corrected chi connectivity index (χ4v) is 2.54. The molecule has 3 rings (SSSR count). The number of halogens is 1. The first kappa shape index (κ1) is 12.0. The predicted molar refractivity (Wildman–Crippen MR) is 77.8 cm³/mol. The second kappa shape index (κ2) is 4.56. The number of ether oxygens (including phenoxy) is 1. The van der Waals surface area contributed by atoms with Crippen LogP contribution in [0, 0.1) is 0 Å². The highest BCUT2D eigenvalue weighted by molar-refractivity contribution is 6.35. The van der Waals surface area contributed by atoms with Crippen LogP contribution in [-0.2, 0) is 4.74 Å². The molecule has 0 aliphatic heterocycles. The Morgan fingerprint density at radius 2 is 1.68 bits per heavy atom. The summed E-state index contributed by atoms with van der Waals surface area (Å²) in [5.41, 5.74) is 0.424. The molecule has 3 aromatic rings. The van der Waals surface area contributed by atoms with Crippen LogP contribution in [0.3, 0.4) is 0 Å². The van der Waals surface area contributed by atoms with E-state index in [9.17, 15) is 4.79 Å². The van der Waals surface area contributed by atoms with Gasteiger partial charge >= 0.3 is 5.97 Å². The largest absolute Gasteiger partial charge is 0.465 e. The van der Waals surface area contributed by atoms with E-state index in [2.05, 4.69) is 0 Å². The third kappa shape index (κ3) is 1.94. The van der Waals surface area contributed by atoms with Crippen LogP contribution in [-0.4, -0.2) is 13.1 Å². The summed E-state index contributed by atoms with van der Waals surface area (Å²) in [6.07, 6.45) is 0. The molecule has 0 saturated heterocycles. The topological polar surface area (TPSA) is 26.3 Å². The lowest BCUT2D eigenvalue weighted by atomic mass is 10.00. The summed E-state index contributed by atoms with van der Waals surface area (Å²) in [4.78, 5) is 11.9. The Morgan fingerprint density at radius 1 is 1.00 bits per heavy atom. The number of carbonyl (C=O) groups is 1. The number of hydrogen-bond donors (Lipinski definition) is 0. The maximum atomic E-state index is 11.9. The molecule has 0 radical (unpaired) electrons. The number of methoxy groups -OCH3 is 1. The van der Waals surface area contributed by atoms with Gasteiger partial charge in [-0.25, -0.2) is 4.79 Å². The average molecular weight is 271 g/mol. The van der Waals surface area contributed by atoms with Crippen LogP contribution >= 0.6 is 11.6 Å². The van der Waals surface area contributed by atoms with Gasteiger partial charge in [0, 0.05) is 0 Å². The maximum Gasteiger partial charge on any atom is 0.340 e. The van der Waals surface area contributed by atoms with E-state index in [0.717, 1.165) is 21.5 Å². The van der Waals surface area contributed by atoms with Crippen LogP contribution in [0.1, 0.15) is 10.4 Å². The van der Waals surface area contributed by atoms with Gasteiger partial charge in [0.2, 0.25) is 0 Å². The minimum absolute atomic E-state index is 0.411. The number of fused-ring (bicyclic) bond motifs is 2. The van der Waals surface area contributed by atoms with E-state index >= 15 is 0 Å². The van der Waals surface area contributed by atoms with E-state index in [0.29, 0.717) is 10.6 Å². The average Bonchev–Trinajstić information content (AvgIpc) is 2.44. The summed E-state index contributed by atoms with van der Waals surface area (Å²) < 4.78 is 4.81. The molecule has 0 heterocycles. The zero-order chi connectivity index (χ0) is 13.4. The molecule has 0 aliphatic carbocycles. The van der Waals surface area contributed by atoms with Gasteiger partial charge in [0.15, 0.2) is 0 Å². The smallest absolute Gasteiger partial charge is 0.340 e. The van der Waals surface area contributed by atoms with Crippen molar-refractivity contribution in [1.29, 1.82) is 0 Å². The van der Waals surface area contributed by atoms with Crippen molar-refractivity contribution >= 4 is 39.1 Å². The number of esters is 1. The highest BCUT2D eigenvalue weighted by Gasteiger charge is 2.15. The Hall–Kier alpha value is -2.06. The Morgan fingerprint density at radius 3 is 2.37 bits per heavy atom. The lowest BCUT2D eigenvalue weighted by Crippen LogP contribution is -2.03. The monoisotopic (exact) mass is 270 g/mol. The Kier molecular flexibility index (Phi) is 2.88. The highest BCUT2D eigenvalue weighted by Crippen LogP contribution is 2.30. The maximum absolute atomic E-state index is 11.9. The van der Waals surface area contributed by atoms with Crippen molar-refractivity contribution in [3.8, 4) is 0 Å². The first-order valence-corrected chi connectivity index (χ1v) is 6.28. The van der Waals surface area contributed by atoms with Crippen molar-refractivity contribution < 1.29 is 9.53 Å². The van der Waals surface area contributed by atoms with Gasteiger partial charge in [-0.2, -0.15) is 0 Å². The van der Waals surface area contributed by atoms with Gasteiger partial charge in [0.05, 0.1) is 17.7 Å². The van der Waals surface area contributed by atoms with Crippen molar-refractivity contribution in [2.24, 2.45) is 0 Å². The van der Waals surface area contributed by atoms with Crippen LogP contribution in [0.15, 0.2) is 48.5 Å². The van der Waals surface area contributed by atoms with E-state index in [1.165, 1.54) is 7.11 Å². The van der Waals surface area contributed by atoms with Gasteiger partial charge in [-0.05, 0) is 39.7 Å². The van der Waals surface area contributed by atoms with Crippen LogP contribution in [0.4, 0.5) is 0 Å². The van der Waals surface area contributed by atoms with Crippen molar-refractivity contribution in [2.75, 3.05) is 7.11 Å². The molecule has 0 aliphatic rings. The third-order valence-corrected chi connectivity index (χ3v) is 3.54. The molecule has 3 aromatic carbocycles. The zero-order valence-electron chi connectivity index (χ0n) is 10.3. The van der Waals surface area contributed by atoms with Gasteiger partial charge < -0.3 is 4.74 Å². The second-order valence-corrected chi connectivity index (χ2v) is 4.74. The molecule has 0 fully saturated rings. The lowest BCUT2D eigenvalue weighted by molar-refractivity contribution is 0.0603. The van der Waals surface area contributed by atoms with Gasteiger partial charge in [0.1, 0.15) is 0 Å². The summed E-state index contributed by atoms with van der Waals surface area (Å²) >= 11 is 6.13. The minimum atomic E-state index is -0.411. The van der Waals surface area contributed by atoms with Crippen molar-refractivity contribution in [3.05, 3.63) is 59.1 Å². The van der Waals surface area contributed by atoms with E-state index in [1.54, 1.807) is 6.07 Å². The Balaban J connectivity index is 2.44.